The Bertz CT molecular complexity index is 715. The molecule has 5 nitrogen and oxygen atoms in total. The van der Waals surface area contributed by atoms with Crippen molar-refractivity contribution in [1.82, 2.24) is 15.6 Å². The van der Waals surface area contributed by atoms with Crippen molar-refractivity contribution in [3.8, 4) is 0 Å². The molecule has 2 N–H and O–H groups in total. The van der Waals surface area contributed by atoms with Gasteiger partial charge in [0.2, 0.25) is 0 Å². The molecule has 0 unspecified atom stereocenters. The summed E-state index contributed by atoms with van der Waals surface area (Å²) in [5, 5.41) is 12.3. The van der Waals surface area contributed by atoms with Crippen LogP contribution in [0.3, 0.4) is 0 Å². The van der Waals surface area contributed by atoms with Gasteiger partial charge in [0.1, 0.15) is 0 Å². The molecule has 1 saturated heterocycles. The number of thiazole rings is 1. The second kappa shape index (κ2) is 9.55. The molecule has 0 amide bonds. The fourth-order valence-corrected chi connectivity index (χ4v) is 4.89. The summed E-state index contributed by atoms with van der Waals surface area (Å²) < 4.78 is 0. The Kier molecular flexibility index (Phi) is 7.13. The van der Waals surface area contributed by atoms with Gasteiger partial charge >= 0.3 is 0 Å². The van der Waals surface area contributed by atoms with E-state index in [2.05, 4.69) is 59.2 Å². The molecule has 27 heavy (non-hydrogen) atoms. The van der Waals surface area contributed by atoms with Crippen molar-refractivity contribution < 1.29 is 0 Å². The van der Waals surface area contributed by atoms with Crippen LogP contribution in [0.5, 0.6) is 0 Å². The van der Waals surface area contributed by atoms with E-state index in [1.165, 1.54) is 28.5 Å². The fourth-order valence-electron chi connectivity index (χ4n) is 3.13. The first-order valence-corrected chi connectivity index (χ1v) is 11.6. The lowest BCUT2D eigenvalue weighted by atomic mass is 9.92. The maximum Gasteiger partial charge on any atom is 0.191 e. The molecule has 0 radical (unpaired) electrons. The van der Waals surface area contributed by atoms with Gasteiger partial charge in [-0.15, -0.1) is 22.7 Å². The minimum atomic E-state index is 0.0516. The average Bonchev–Trinajstić information content (AvgIpc) is 3.41. The summed E-state index contributed by atoms with van der Waals surface area (Å²) in [6.45, 7) is 11.4. The van der Waals surface area contributed by atoms with Crippen LogP contribution < -0.4 is 15.5 Å². The number of nitrogens with one attached hydrogen (secondary N) is 2. The number of rotatable bonds is 8. The largest absolute Gasteiger partial charge is 0.357 e. The van der Waals surface area contributed by atoms with E-state index in [0.717, 1.165) is 45.1 Å². The number of nitrogens with zero attached hydrogens (tertiary/aromatic N) is 3. The van der Waals surface area contributed by atoms with Gasteiger partial charge in [-0.3, -0.25) is 4.99 Å². The Hall–Kier alpha value is -1.60. The first-order chi connectivity index (χ1) is 13.1. The molecule has 3 heterocycles. The van der Waals surface area contributed by atoms with Crippen LogP contribution in [0.1, 0.15) is 44.2 Å². The summed E-state index contributed by atoms with van der Waals surface area (Å²) in [6, 6.07) is 4.31. The molecule has 1 fully saturated rings. The number of guanidine groups is 1. The Morgan fingerprint density at radius 2 is 2.07 bits per heavy atom. The van der Waals surface area contributed by atoms with E-state index in [9.17, 15) is 0 Å². The van der Waals surface area contributed by atoms with Gasteiger partial charge in [-0.05, 0) is 31.2 Å². The van der Waals surface area contributed by atoms with Crippen molar-refractivity contribution in [2.75, 3.05) is 37.6 Å². The van der Waals surface area contributed by atoms with Crippen LogP contribution in [-0.4, -0.2) is 43.7 Å². The highest BCUT2D eigenvalue weighted by Gasteiger charge is 2.21. The average molecular weight is 406 g/mol. The SMILES string of the molecule is CCNC(=NCC(C)(C)c1cccs1)NCCc1csc(N2CCCC2)n1. The quantitative estimate of drug-likeness (QED) is 0.517. The summed E-state index contributed by atoms with van der Waals surface area (Å²) in [6.07, 6.45) is 3.50. The minimum Gasteiger partial charge on any atom is -0.357 e. The lowest BCUT2D eigenvalue weighted by Gasteiger charge is -2.21. The molecule has 7 heteroatoms. The predicted octanol–water partition coefficient (Wildman–Crippen LogP) is 3.88. The minimum absolute atomic E-state index is 0.0516. The third-order valence-electron chi connectivity index (χ3n) is 4.75. The molecule has 0 spiro atoms. The highest BCUT2D eigenvalue weighted by Crippen LogP contribution is 2.27. The Balaban J connectivity index is 1.50. The van der Waals surface area contributed by atoms with Crippen LogP contribution in [0.15, 0.2) is 27.9 Å². The molecule has 2 aromatic heterocycles. The van der Waals surface area contributed by atoms with Crippen molar-refractivity contribution in [1.29, 1.82) is 0 Å². The molecule has 148 valence electrons. The molecule has 1 aliphatic heterocycles. The zero-order valence-electron chi connectivity index (χ0n) is 16.6. The molecule has 1 aliphatic rings. The van der Waals surface area contributed by atoms with Crippen molar-refractivity contribution in [3.05, 3.63) is 33.5 Å². The van der Waals surface area contributed by atoms with Gasteiger partial charge in [0.05, 0.1) is 12.2 Å². The third kappa shape index (κ3) is 5.69. The van der Waals surface area contributed by atoms with Crippen LogP contribution in [0.2, 0.25) is 0 Å². The second-order valence-corrected chi connectivity index (χ2v) is 9.33. The van der Waals surface area contributed by atoms with E-state index in [1.807, 2.05) is 0 Å². The maximum atomic E-state index is 4.82. The summed E-state index contributed by atoms with van der Waals surface area (Å²) in [5.41, 5.74) is 1.22. The smallest absolute Gasteiger partial charge is 0.191 e. The molecule has 0 saturated carbocycles. The van der Waals surface area contributed by atoms with Crippen molar-refractivity contribution in [2.45, 2.75) is 45.4 Å². The number of thiophene rings is 1. The number of hydrogen-bond donors (Lipinski definition) is 2. The van der Waals surface area contributed by atoms with Gasteiger partial charge in [0.15, 0.2) is 11.1 Å². The maximum absolute atomic E-state index is 4.82. The van der Waals surface area contributed by atoms with E-state index in [1.54, 1.807) is 22.7 Å². The Morgan fingerprint density at radius 1 is 1.26 bits per heavy atom. The van der Waals surface area contributed by atoms with Crippen LogP contribution in [-0.2, 0) is 11.8 Å². The predicted molar refractivity (Wildman–Crippen MR) is 119 cm³/mol. The number of anilines is 1. The molecule has 0 aromatic carbocycles. The van der Waals surface area contributed by atoms with E-state index < -0.39 is 0 Å². The van der Waals surface area contributed by atoms with Gasteiger partial charge in [-0.25, -0.2) is 4.98 Å². The topological polar surface area (TPSA) is 52.6 Å². The van der Waals surface area contributed by atoms with Crippen molar-refractivity contribution in [2.24, 2.45) is 4.99 Å². The van der Waals surface area contributed by atoms with Crippen LogP contribution in [0, 0.1) is 0 Å². The number of aliphatic imine (C=N–C) groups is 1. The number of aromatic nitrogens is 1. The van der Waals surface area contributed by atoms with Crippen LogP contribution in [0.25, 0.3) is 0 Å². The normalized spacial score (nSPS) is 15.4. The first-order valence-electron chi connectivity index (χ1n) is 9.84. The highest BCUT2D eigenvalue weighted by atomic mass is 32.1. The fraction of sp³-hybridized carbons (Fsp3) is 0.600. The van der Waals surface area contributed by atoms with Crippen LogP contribution >= 0.6 is 22.7 Å². The van der Waals surface area contributed by atoms with Gasteiger partial charge in [-0.1, -0.05) is 19.9 Å². The van der Waals surface area contributed by atoms with E-state index in [-0.39, 0.29) is 5.41 Å². The standard InChI is InChI=1S/C20H31N5S2/c1-4-21-18(23-15-20(2,3)17-8-7-13-26-17)22-10-9-16-14-27-19(24-16)25-11-5-6-12-25/h7-8,13-14H,4-6,9-12,15H2,1-3H3,(H2,21,22,23). The first kappa shape index (κ1) is 20.1. The lowest BCUT2D eigenvalue weighted by Crippen LogP contribution is -2.39. The summed E-state index contributed by atoms with van der Waals surface area (Å²) >= 11 is 3.57. The second-order valence-electron chi connectivity index (χ2n) is 7.55. The molecule has 3 rings (SSSR count). The molecule has 0 bridgehead atoms. The molecule has 2 aromatic rings. The third-order valence-corrected chi connectivity index (χ3v) is 6.94. The van der Waals surface area contributed by atoms with E-state index >= 15 is 0 Å². The van der Waals surface area contributed by atoms with Crippen LogP contribution in [0.4, 0.5) is 5.13 Å². The Labute approximate surface area is 170 Å². The highest BCUT2D eigenvalue weighted by molar-refractivity contribution is 7.13. The van der Waals surface area contributed by atoms with Gasteiger partial charge < -0.3 is 15.5 Å². The zero-order valence-corrected chi connectivity index (χ0v) is 18.3. The monoisotopic (exact) mass is 405 g/mol. The summed E-state index contributed by atoms with van der Waals surface area (Å²) in [4.78, 5) is 13.4. The van der Waals surface area contributed by atoms with Crippen molar-refractivity contribution in [3.63, 3.8) is 0 Å². The lowest BCUT2D eigenvalue weighted by molar-refractivity contribution is 0.548. The number of hydrogen-bond acceptors (Lipinski definition) is 5. The molecular formula is C20H31N5S2. The van der Waals surface area contributed by atoms with Gasteiger partial charge in [-0.2, -0.15) is 0 Å². The zero-order chi connectivity index (χ0) is 19.1. The molecule has 0 atom stereocenters. The van der Waals surface area contributed by atoms with E-state index in [4.69, 9.17) is 9.98 Å². The molecular weight excluding hydrogens is 374 g/mol. The summed E-state index contributed by atoms with van der Waals surface area (Å²) in [5.74, 6) is 0.886. The Morgan fingerprint density at radius 3 is 2.78 bits per heavy atom. The molecule has 0 aliphatic carbocycles. The van der Waals surface area contributed by atoms with Crippen molar-refractivity contribution >= 4 is 33.8 Å². The van der Waals surface area contributed by atoms with Gasteiger partial charge in [0, 0.05) is 48.3 Å². The summed E-state index contributed by atoms with van der Waals surface area (Å²) in [7, 11) is 0. The van der Waals surface area contributed by atoms with E-state index in [0.29, 0.717) is 0 Å². The van der Waals surface area contributed by atoms with Gasteiger partial charge in [0.25, 0.3) is 0 Å².